The minimum atomic E-state index is -0.837. The molecule has 1 atom stereocenters. The van der Waals surface area contributed by atoms with Crippen molar-refractivity contribution in [3.05, 3.63) is 34.1 Å². The Hall–Kier alpha value is -1.69. The second-order valence-corrected chi connectivity index (χ2v) is 3.59. The summed E-state index contributed by atoms with van der Waals surface area (Å²) in [5.41, 5.74) is 5.20. The first-order valence-electron chi connectivity index (χ1n) is 4.94. The molecule has 0 aliphatic rings. The summed E-state index contributed by atoms with van der Waals surface area (Å²) in [6.45, 7) is 2.31. The lowest BCUT2D eigenvalue weighted by Crippen LogP contribution is -2.19. The third-order valence-corrected chi connectivity index (χ3v) is 2.08. The predicted molar refractivity (Wildman–Crippen MR) is 59.8 cm³/mol. The molecule has 1 aromatic rings. The van der Waals surface area contributed by atoms with E-state index in [0.717, 1.165) is 6.07 Å². The maximum absolute atomic E-state index is 13.2. The van der Waals surface area contributed by atoms with E-state index in [9.17, 15) is 14.5 Å². The average molecular weight is 227 g/mol. The van der Waals surface area contributed by atoms with Crippen LogP contribution in [0.2, 0.25) is 0 Å². The van der Waals surface area contributed by atoms with Gasteiger partial charge in [-0.05, 0) is 25.5 Å². The lowest BCUT2D eigenvalue weighted by atomic mass is 10.2. The van der Waals surface area contributed by atoms with Crippen molar-refractivity contribution in [2.24, 2.45) is 5.73 Å². The molecule has 6 heteroatoms. The quantitative estimate of drug-likeness (QED) is 0.594. The average Bonchev–Trinajstić information content (AvgIpc) is 2.16. The van der Waals surface area contributed by atoms with Crippen molar-refractivity contribution in [2.45, 2.75) is 19.4 Å². The highest BCUT2D eigenvalue weighted by molar-refractivity contribution is 5.61. The van der Waals surface area contributed by atoms with Crippen molar-refractivity contribution >= 4 is 11.4 Å². The van der Waals surface area contributed by atoms with Crippen LogP contribution in [0.1, 0.15) is 13.3 Å². The molecule has 0 fully saturated rings. The van der Waals surface area contributed by atoms with Crippen LogP contribution >= 0.6 is 0 Å². The van der Waals surface area contributed by atoms with Gasteiger partial charge in [0.2, 0.25) is 5.82 Å². The van der Waals surface area contributed by atoms with Crippen LogP contribution < -0.4 is 11.1 Å². The van der Waals surface area contributed by atoms with Crippen LogP contribution in [0, 0.1) is 15.9 Å². The molecule has 0 amide bonds. The van der Waals surface area contributed by atoms with E-state index in [1.165, 1.54) is 12.1 Å². The molecule has 88 valence electrons. The highest BCUT2D eigenvalue weighted by Crippen LogP contribution is 2.26. The van der Waals surface area contributed by atoms with E-state index in [1.807, 2.05) is 6.92 Å². The third-order valence-electron chi connectivity index (χ3n) is 2.08. The van der Waals surface area contributed by atoms with E-state index in [1.54, 1.807) is 0 Å². The Kier molecular flexibility index (Phi) is 4.19. The Morgan fingerprint density at radius 2 is 2.31 bits per heavy atom. The first-order chi connectivity index (χ1) is 7.52. The predicted octanol–water partition coefficient (Wildman–Crippen LogP) is 1.88. The highest BCUT2D eigenvalue weighted by Gasteiger charge is 2.19. The number of benzene rings is 1. The number of nitrogens with one attached hydrogen (secondary N) is 1. The number of hydrogen-bond donors (Lipinski definition) is 2. The second-order valence-electron chi connectivity index (χ2n) is 3.59. The number of para-hydroxylation sites is 1. The molecule has 0 aromatic heterocycles. The summed E-state index contributed by atoms with van der Waals surface area (Å²) in [7, 11) is 0. The molecule has 0 aliphatic heterocycles. The summed E-state index contributed by atoms with van der Waals surface area (Å²) < 4.78 is 13.2. The summed E-state index contributed by atoms with van der Waals surface area (Å²) in [5, 5.41) is 13.4. The summed E-state index contributed by atoms with van der Waals surface area (Å²) >= 11 is 0. The van der Waals surface area contributed by atoms with Crippen LogP contribution in [0.5, 0.6) is 0 Å². The van der Waals surface area contributed by atoms with Gasteiger partial charge in [-0.2, -0.15) is 4.39 Å². The van der Waals surface area contributed by atoms with E-state index in [-0.39, 0.29) is 11.7 Å². The standard InChI is InChI=1S/C10H14FN3O2/c1-7(12)5-6-13-9-4-2-3-8(11)10(9)14(15)16/h2-4,7,13H,5-6,12H2,1H3. The minimum absolute atomic E-state index is 0.000107. The molecular weight excluding hydrogens is 213 g/mol. The fourth-order valence-corrected chi connectivity index (χ4v) is 1.28. The van der Waals surface area contributed by atoms with Crippen LogP contribution in [0.25, 0.3) is 0 Å². The Morgan fingerprint density at radius 3 is 2.88 bits per heavy atom. The molecule has 0 bridgehead atoms. The Bertz CT molecular complexity index is 382. The van der Waals surface area contributed by atoms with Crippen LogP contribution in [-0.4, -0.2) is 17.5 Å². The number of hydrogen-bond acceptors (Lipinski definition) is 4. The van der Waals surface area contributed by atoms with Crippen molar-refractivity contribution in [3.8, 4) is 0 Å². The van der Waals surface area contributed by atoms with Gasteiger partial charge in [-0.15, -0.1) is 0 Å². The van der Waals surface area contributed by atoms with Gasteiger partial charge in [0.1, 0.15) is 5.69 Å². The number of nitro benzene ring substituents is 1. The zero-order valence-corrected chi connectivity index (χ0v) is 8.94. The van der Waals surface area contributed by atoms with Gasteiger partial charge in [-0.3, -0.25) is 10.1 Å². The zero-order valence-electron chi connectivity index (χ0n) is 8.94. The molecule has 0 heterocycles. The number of nitrogens with two attached hydrogens (primary N) is 1. The van der Waals surface area contributed by atoms with Gasteiger partial charge in [-0.1, -0.05) is 6.07 Å². The van der Waals surface area contributed by atoms with Crippen molar-refractivity contribution in [1.29, 1.82) is 0 Å². The maximum atomic E-state index is 13.2. The molecule has 0 aliphatic carbocycles. The molecule has 1 aromatic carbocycles. The molecule has 16 heavy (non-hydrogen) atoms. The summed E-state index contributed by atoms with van der Waals surface area (Å²) in [5.74, 6) is -0.837. The fraction of sp³-hybridized carbons (Fsp3) is 0.400. The molecule has 0 saturated heterocycles. The highest BCUT2D eigenvalue weighted by atomic mass is 19.1. The van der Waals surface area contributed by atoms with Gasteiger partial charge in [0.15, 0.2) is 0 Å². The van der Waals surface area contributed by atoms with Gasteiger partial charge in [-0.25, -0.2) is 0 Å². The van der Waals surface area contributed by atoms with E-state index in [0.29, 0.717) is 13.0 Å². The molecular formula is C10H14FN3O2. The first kappa shape index (κ1) is 12.4. The van der Waals surface area contributed by atoms with Crippen molar-refractivity contribution in [1.82, 2.24) is 0 Å². The fourth-order valence-electron chi connectivity index (χ4n) is 1.28. The zero-order chi connectivity index (χ0) is 12.1. The third kappa shape index (κ3) is 3.16. The van der Waals surface area contributed by atoms with Gasteiger partial charge in [0.05, 0.1) is 4.92 Å². The van der Waals surface area contributed by atoms with Crippen LogP contribution in [0.15, 0.2) is 18.2 Å². The minimum Gasteiger partial charge on any atom is -0.379 e. The number of halogens is 1. The van der Waals surface area contributed by atoms with Crippen molar-refractivity contribution < 1.29 is 9.31 Å². The number of nitro groups is 1. The number of rotatable bonds is 5. The molecule has 5 nitrogen and oxygen atoms in total. The van der Waals surface area contributed by atoms with Gasteiger partial charge in [0.25, 0.3) is 0 Å². The Morgan fingerprint density at radius 1 is 1.62 bits per heavy atom. The Balaban J connectivity index is 2.79. The van der Waals surface area contributed by atoms with Crippen molar-refractivity contribution in [2.75, 3.05) is 11.9 Å². The van der Waals surface area contributed by atoms with E-state index in [4.69, 9.17) is 5.73 Å². The van der Waals surface area contributed by atoms with Gasteiger partial charge >= 0.3 is 5.69 Å². The van der Waals surface area contributed by atoms with Crippen LogP contribution in [-0.2, 0) is 0 Å². The normalized spacial score (nSPS) is 12.2. The molecule has 0 radical (unpaired) electrons. The molecule has 0 spiro atoms. The largest absolute Gasteiger partial charge is 0.379 e. The van der Waals surface area contributed by atoms with E-state index in [2.05, 4.69) is 5.32 Å². The van der Waals surface area contributed by atoms with Gasteiger partial charge in [0, 0.05) is 12.6 Å². The van der Waals surface area contributed by atoms with E-state index >= 15 is 0 Å². The number of nitrogens with zero attached hydrogens (tertiary/aromatic N) is 1. The monoisotopic (exact) mass is 227 g/mol. The lowest BCUT2D eigenvalue weighted by Gasteiger charge is -2.08. The summed E-state index contributed by atoms with van der Waals surface area (Å²) in [4.78, 5) is 9.91. The van der Waals surface area contributed by atoms with Crippen molar-refractivity contribution in [3.63, 3.8) is 0 Å². The molecule has 1 rings (SSSR count). The smallest absolute Gasteiger partial charge is 0.327 e. The second kappa shape index (κ2) is 5.41. The Labute approximate surface area is 92.6 Å². The lowest BCUT2D eigenvalue weighted by molar-refractivity contribution is -0.386. The SMILES string of the molecule is CC(N)CCNc1cccc(F)c1[N+](=O)[O-]. The summed E-state index contributed by atoms with van der Waals surface area (Å²) in [6.07, 6.45) is 0.660. The topological polar surface area (TPSA) is 81.2 Å². The maximum Gasteiger partial charge on any atom is 0.327 e. The first-order valence-corrected chi connectivity index (χ1v) is 4.94. The van der Waals surface area contributed by atoms with Gasteiger partial charge < -0.3 is 11.1 Å². The molecule has 1 unspecified atom stereocenters. The van der Waals surface area contributed by atoms with Crippen LogP contribution in [0.4, 0.5) is 15.8 Å². The van der Waals surface area contributed by atoms with Crippen LogP contribution in [0.3, 0.4) is 0 Å². The van der Waals surface area contributed by atoms with E-state index < -0.39 is 16.4 Å². The summed E-state index contributed by atoms with van der Waals surface area (Å²) in [6, 6.07) is 3.97. The molecule has 0 saturated carbocycles. The number of anilines is 1. The molecule has 3 N–H and O–H groups in total.